The largest absolute Gasteiger partial charge is 0.399 e. The van der Waals surface area contributed by atoms with E-state index in [9.17, 15) is 0 Å². The second-order valence-electron chi connectivity index (χ2n) is 4.66. The molecular formula is C12H19N3. The molecule has 82 valence electrons. The highest BCUT2D eigenvalue weighted by atomic mass is 15.1. The summed E-state index contributed by atoms with van der Waals surface area (Å²) >= 11 is 0. The molecule has 0 amide bonds. The Morgan fingerprint density at radius 2 is 2.20 bits per heavy atom. The van der Waals surface area contributed by atoms with Gasteiger partial charge in [0.25, 0.3) is 0 Å². The van der Waals surface area contributed by atoms with Crippen LogP contribution in [-0.2, 0) is 0 Å². The first-order valence-corrected chi connectivity index (χ1v) is 5.33. The normalized spacial score (nSPS) is 19.7. The van der Waals surface area contributed by atoms with Crippen LogP contribution >= 0.6 is 0 Å². The van der Waals surface area contributed by atoms with Crippen molar-refractivity contribution < 1.29 is 0 Å². The Balaban J connectivity index is 2.30. The molecule has 0 radical (unpaired) electrons. The van der Waals surface area contributed by atoms with E-state index in [1.165, 1.54) is 11.3 Å². The summed E-state index contributed by atoms with van der Waals surface area (Å²) in [5.41, 5.74) is 9.38. The van der Waals surface area contributed by atoms with Crippen LogP contribution in [0.15, 0.2) is 18.2 Å². The third-order valence-electron chi connectivity index (χ3n) is 2.99. The summed E-state index contributed by atoms with van der Waals surface area (Å²) in [5, 5.41) is 0. The van der Waals surface area contributed by atoms with Crippen molar-refractivity contribution in [3.63, 3.8) is 0 Å². The molecule has 1 heterocycles. The highest BCUT2D eigenvalue weighted by Crippen LogP contribution is 2.36. The summed E-state index contributed by atoms with van der Waals surface area (Å²) in [6.45, 7) is 2.19. The number of nitrogens with zero attached hydrogens (tertiary/aromatic N) is 2. The van der Waals surface area contributed by atoms with Crippen LogP contribution < -0.4 is 10.6 Å². The molecule has 1 aliphatic heterocycles. The zero-order valence-corrected chi connectivity index (χ0v) is 9.70. The number of hydrogen-bond donors (Lipinski definition) is 1. The Labute approximate surface area is 91.5 Å². The number of nitrogen functional groups attached to an aromatic ring is 1. The lowest BCUT2D eigenvalue weighted by atomic mass is 10.0. The summed E-state index contributed by atoms with van der Waals surface area (Å²) in [7, 11) is 6.37. The lowest BCUT2D eigenvalue weighted by Gasteiger charge is -2.16. The maximum atomic E-state index is 5.80. The Kier molecular flexibility index (Phi) is 2.57. The van der Waals surface area contributed by atoms with Gasteiger partial charge in [-0.15, -0.1) is 0 Å². The number of rotatable bonds is 2. The molecule has 1 atom stereocenters. The van der Waals surface area contributed by atoms with Gasteiger partial charge in [0.1, 0.15) is 0 Å². The van der Waals surface area contributed by atoms with Crippen molar-refractivity contribution in [2.75, 3.05) is 44.9 Å². The summed E-state index contributed by atoms with van der Waals surface area (Å²) in [6.07, 6.45) is 0. The molecule has 1 aliphatic rings. The van der Waals surface area contributed by atoms with Gasteiger partial charge in [0.2, 0.25) is 0 Å². The van der Waals surface area contributed by atoms with E-state index in [0.717, 1.165) is 18.8 Å². The minimum Gasteiger partial charge on any atom is -0.399 e. The van der Waals surface area contributed by atoms with E-state index in [2.05, 4.69) is 43.1 Å². The van der Waals surface area contributed by atoms with Crippen LogP contribution in [0, 0.1) is 0 Å². The standard InChI is InChI=1S/C12H19N3/c1-14(2)7-9-8-15(3)12-6-10(13)4-5-11(9)12/h4-6,9H,7-8,13H2,1-3H3. The molecule has 0 aliphatic carbocycles. The lowest BCUT2D eigenvalue weighted by Crippen LogP contribution is -2.24. The average molecular weight is 205 g/mol. The molecule has 0 aromatic heterocycles. The predicted molar refractivity (Wildman–Crippen MR) is 65.4 cm³/mol. The first-order chi connectivity index (χ1) is 7.08. The number of fused-ring (bicyclic) bond motifs is 1. The van der Waals surface area contributed by atoms with Gasteiger partial charge in [-0.05, 0) is 31.8 Å². The molecule has 1 unspecified atom stereocenters. The monoisotopic (exact) mass is 205 g/mol. The smallest absolute Gasteiger partial charge is 0.0421 e. The fourth-order valence-corrected chi connectivity index (χ4v) is 2.36. The number of benzene rings is 1. The predicted octanol–water partition coefficient (Wildman–Crippen LogP) is 1.36. The molecule has 0 saturated carbocycles. The third kappa shape index (κ3) is 1.92. The number of likely N-dealkylation sites (N-methyl/N-ethyl adjacent to an activating group) is 2. The molecule has 0 bridgehead atoms. The molecule has 2 N–H and O–H groups in total. The Bertz CT molecular complexity index is 360. The van der Waals surface area contributed by atoms with Crippen LogP contribution in [0.3, 0.4) is 0 Å². The van der Waals surface area contributed by atoms with Crippen LogP contribution in [0.2, 0.25) is 0 Å². The lowest BCUT2D eigenvalue weighted by molar-refractivity contribution is 0.380. The average Bonchev–Trinajstić information content (AvgIpc) is 2.42. The zero-order valence-electron chi connectivity index (χ0n) is 9.70. The van der Waals surface area contributed by atoms with Crippen molar-refractivity contribution in [2.45, 2.75) is 5.92 Å². The third-order valence-corrected chi connectivity index (χ3v) is 2.99. The van der Waals surface area contributed by atoms with E-state index in [1.54, 1.807) is 0 Å². The molecule has 0 spiro atoms. The van der Waals surface area contributed by atoms with Crippen molar-refractivity contribution in [1.82, 2.24) is 4.90 Å². The quantitative estimate of drug-likeness (QED) is 0.740. The second kappa shape index (κ2) is 3.74. The first kappa shape index (κ1) is 10.3. The minimum atomic E-state index is 0.612. The van der Waals surface area contributed by atoms with Crippen LogP contribution in [0.5, 0.6) is 0 Å². The first-order valence-electron chi connectivity index (χ1n) is 5.33. The molecule has 3 heteroatoms. The summed E-state index contributed by atoms with van der Waals surface area (Å²) in [6, 6.07) is 6.24. The van der Waals surface area contributed by atoms with Gasteiger partial charge in [-0.2, -0.15) is 0 Å². The van der Waals surface area contributed by atoms with Gasteiger partial charge < -0.3 is 15.5 Å². The topological polar surface area (TPSA) is 32.5 Å². The Hall–Kier alpha value is -1.22. The second-order valence-corrected chi connectivity index (χ2v) is 4.66. The molecule has 2 rings (SSSR count). The molecule has 1 aromatic rings. The molecule has 0 fully saturated rings. The van der Waals surface area contributed by atoms with E-state index < -0.39 is 0 Å². The van der Waals surface area contributed by atoms with Gasteiger partial charge in [-0.3, -0.25) is 0 Å². The Morgan fingerprint density at radius 3 is 2.87 bits per heavy atom. The summed E-state index contributed by atoms with van der Waals surface area (Å²) in [5.74, 6) is 0.612. The molecular weight excluding hydrogens is 186 g/mol. The van der Waals surface area contributed by atoms with Crippen molar-refractivity contribution in [3.05, 3.63) is 23.8 Å². The van der Waals surface area contributed by atoms with Gasteiger partial charge >= 0.3 is 0 Å². The van der Waals surface area contributed by atoms with Crippen molar-refractivity contribution in [3.8, 4) is 0 Å². The van der Waals surface area contributed by atoms with Crippen LogP contribution in [0.1, 0.15) is 11.5 Å². The van der Waals surface area contributed by atoms with Gasteiger partial charge in [0.05, 0.1) is 0 Å². The van der Waals surface area contributed by atoms with Crippen LogP contribution in [0.4, 0.5) is 11.4 Å². The Morgan fingerprint density at radius 1 is 1.47 bits per heavy atom. The minimum absolute atomic E-state index is 0.612. The summed E-state index contributed by atoms with van der Waals surface area (Å²) < 4.78 is 0. The van der Waals surface area contributed by atoms with E-state index >= 15 is 0 Å². The van der Waals surface area contributed by atoms with E-state index in [-0.39, 0.29) is 0 Å². The molecule has 15 heavy (non-hydrogen) atoms. The maximum absolute atomic E-state index is 5.80. The number of anilines is 2. The van der Waals surface area contributed by atoms with Gasteiger partial charge in [0, 0.05) is 37.4 Å². The van der Waals surface area contributed by atoms with E-state index in [1.807, 2.05) is 6.07 Å². The van der Waals surface area contributed by atoms with Crippen molar-refractivity contribution in [1.29, 1.82) is 0 Å². The number of hydrogen-bond acceptors (Lipinski definition) is 3. The van der Waals surface area contributed by atoms with Crippen LogP contribution in [-0.4, -0.2) is 39.1 Å². The fourth-order valence-electron chi connectivity index (χ4n) is 2.36. The summed E-state index contributed by atoms with van der Waals surface area (Å²) in [4.78, 5) is 4.53. The highest BCUT2D eigenvalue weighted by molar-refractivity contribution is 5.65. The van der Waals surface area contributed by atoms with Gasteiger partial charge in [-0.1, -0.05) is 6.07 Å². The van der Waals surface area contributed by atoms with Gasteiger partial charge in [0.15, 0.2) is 0 Å². The maximum Gasteiger partial charge on any atom is 0.0421 e. The zero-order chi connectivity index (χ0) is 11.0. The number of nitrogens with two attached hydrogens (primary N) is 1. The van der Waals surface area contributed by atoms with E-state index in [4.69, 9.17) is 5.73 Å². The van der Waals surface area contributed by atoms with Crippen molar-refractivity contribution in [2.24, 2.45) is 0 Å². The fraction of sp³-hybridized carbons (Fsp3) is 0.500. The van der Waals surface area contributed by atoms with E-state index in [0.29, 0.717) is 5.92 Å². The molecule has 1 aromatic carbocycles. The highest BCUT2D eigenvalue weighted by Gasteiger charge is 2.26. The van der Waals surface area contributed by atoms with Gasteiger partial charge in [-0.25, -0.2) is 0 Å². The van der Waals surface area contributed by atoms with Crippen molar-refractivity contribution >= 4 is 11.4 Å². The van der Waals surface area contributed by atoms with Crippen LogP contribution in [0.25, 0.3) is 0 Å². The molecule has 3 nitrogen and oxygen atoms in total. The SMILES string of the molecule is CN(C)CC1CN(C)c2cc(N)ccc21. The molecule has 0 saturated heterocycles.